The van der Waals surface area contributed by atoms with Crippen molar-refractivity contribution in [3.8, 4) is 0 Å². The molecule has 26 heavy (non-hydrogen) atoms. The van der Waals surface area contributed by atoms with E-state index in [0.717, 1.165) is 15.4 Å². The average Bonchev–Trinajstić information content (AvgIpc) is 3.11. The fraction of sp³-hybridized carbons (Fsp3) is 0.353. The maximum absolute atomic E-state index is 14.0. The Kier molecular flexibility index (Phi) is 6.68. The number of aromatic nitrogens is 2. The predicted octanol–water partition coefficient (Wildman–Crippen LogP) is 4.14. The van der Waals surface area contributed by atoms with Crippen LogP contribution >= 0.6 is 35.1 Å². The van der Waals surface area contributed by atoms with Crippen molar-refractivity contribution in [1.82, 2.24) is 14.9 Å². The lowest BCUT2D eigenvalue weighted by molar-refractivity contribution is 0.0988. The van der Waals surface area contributed by atoms with Gasteiger partial charge in [0.25, 0.3) is 5.91 Å². The second kappa shape index (κ2) is 8.39. The average molecular weight is 415 g/mol. The quantitative estimate of drug-likeness (QED) is 0.629. The first-order valence-corrected chi connectivity index (χ1v) is 9.46. The Labute approximate surface area is 165 Å². The first-order valence-electron chi connectivity index (χ1n) is 7.82. The standard InChI is InChI=1S/C17H19FN4OS2.ClH/c1-10-15(24-11(2)19-10)16(23)22(9-8-21(3)4)17-20-14-12(18)6-5-7-13(14)25-17;/h5-7H,8-9H2,1-4H3;1H. The molecule has 3 aromatic rings. The number of carbonyl (C=O) groups excluding carboxylic acids is 1. The van der Waals surface area contributed by atoms with Gasteiger partial charge >= 0.3 is 0 Å². The Bertz CT molecular complexity index is 925. The number of thiazole rings is 2. The van der Waals surface area contributed by atoms with Crippen LogP contribution in [0.15, 0.2) is 18.2 Å². The number of benzene rings is 1. The summed E-state index contributed by atoms with van der Waals surface area (Å²) in [4.78, 5) is 26.1. The number of amides is 1. The minimum absolute atomic E-state index is 0. The summed E-state index contributed by atoms with van der Waals surface area (Å²) >= 11 is 2.70. The second-order valence-electron chi connectivity index (χ2n) is 5.99. The van der Waals surface area contributed by atoms with E-state index in [0.29, 0.717) is 28.6 Å². The van der Waals surface area contributed by atoms with Gasteiger partial charge in [0.2, 0.25) is 0 Å². The molecule has 2 aromatic heterocycles. The lowest BCUT2D eigenvalue weighted by atomic mass is 10.3. The smallest absolute Gasteiger partial charge is 0.272 e. The van der Waals surface area contributed by atoms with Crippen molar-refractivity contribution in [3.63, 3.8) is 0 Å². The van der Waals surface area contributed by atoms with E-state index in [1.807, 2.05) is 38.9 Å². The van der Waals surface area contributed by atoms with Crippen molar-refractivity contribution >= 4 is 56.3 Å². The van der Waals surface area contributed by atoms with Crippen LogP contribution in [0.2, 0.25) is 0 Å². The molecule has 0 spiro atoms. The van der Waals surface area contributed by atoms with E-state index in [9.17, 15) is 9.18 Å². The summed E-state index contributed by atoms with van der Waals surface area (Å²) in [5, 5.41) is 1.36. The number of hydrogen-bond acceptors (Lipinski definition) is 6. The van der Waals surface area contributed by atoms with Crippen LogP contribution in [-0.4, -0.2) is 48.0 Å². The Hall–Kier alpha value is -1.61. The fourth-order valence-electron chi connectivity index (χ4n) is 2.46. The number of aryl methyl sites for hydroxylation is 2. The number of fused-ring (bicyclic) bond motifs is 1. The molecule has 9 heteroatoms. The van der Waals surface area contributed by atoms with Gasteiger partial charge in [-0.05, 0) is 40.1 Å². The van der Waals surface area contributed by atoms with Crippen LogP contribution in [0, 0.1) is 19.7 Å². The number of para-hydroxylation sites is 1. The third kappa shape index (κ3) is 4.20. The minimum atomic E-state index is -0.371. The van der Waals surface area contributed by atoms with E-state index >= 15 is 0 Å². The Morgan fingerprint density at radius 1 is 1.15 bits per heavy atom. The minimum Gasteiger partial charge on any atom is -0.308 e. The van der Waals surface area contributed by atoms with E-state index in [1.165, 1.54) is 28.7 Å². The van der Waals surface area contributed by atoms with E-state index in [4.69, 9.17) is 0 Å². The monoisotopic (exact) mass is 414 g/mol. The number of likely N-dealkylation sites (N-methyl/N-ethyl adjacent to an activating group) is 1. The second-order valence-corrected chi connectivity index (χ2v) is 8.20. The van der Waals surface area contributed by atoms with Crippen LogP contribution in [0.5, 0.6) is 0 Å². The molecule has 0 radical (unpaired) electrons. The van der Waals surface area contributed by atoms with Crippen LogP contribution in [0.1, 0.15) is 20.4 Å². The molecular weight excluding hydrogens is 395 g/mol. The molecule has 0 saturated heterocycles. The van der Waals surface area contributed by atoms with Crippen LogP contribution < -0.4 is 4.90 Å². The van der Waals surface area contributed by atoms with Crippen LogP contribution in [-0.2, 0) is 0 Å². The summed E-state index contributed by atoms with van der Waals surface area (Å²) in [6, 6.07) is 4.85. The van der Waals surface area contributed by atoms with Crippen molar-refractivity contribution in [2.45, 2.75) is 13.8 Å². The van der Waals surface area contributed by atoms with Crippen molar-refractivity contribution in [2.75, 3.05) is 32.1 Å². The highest BCUT2D eigenvalue weighted by molar-refractivity contribution is 7.22. The zero-order chi connectivity index (χ0) is 18.1. The van der Waals surface area contributed by atoms with Gasteiger partial charge in [-0.3, -0.25) is 9.69 Å². The molecule has 0 aliphatic heterocycles. The zero-order valence-corrected chi connectivity index (χ0v) is 17.4. The normalized spacial score (nSPS) is 11.0. The van der Waals surface area contributed by atoms with Gasteiger partial charge in [0.05, 0.1) is 15.4 Å². The maximum Gasteiger partial charge on any atom is 0.272 e. The first kappa shape index (κ1) is 20.7. The number of hydrogen-bond donors (Lipinski definition) is 0. The van der Waals surface area contributed by atoms with Crippen molar-refractivity contribution < 1.29 is 9.18 Å². The molecule has 0 unspecified atom stereocenters. The lowest BCUT2D eigenvalue weighted by Gasteiger charge is -2.21. The highest BCUT2D eigenvalue weighted by Crippen LogP contribution is 2.32. The summed E-state index contributed by atoms with van der Waals surface area (Å²) in [6.45, 7) is 4.87. The van der Waals surface area contributed by atoms with E-state index in [2.05, 4.69) is 9.97 Å². The molecule has 0 aliphatic carbocycles. The van der Waals surface area contributed by atoms with Gasteiger partial charge in [0.15, 0.2) is 5.13 Å². The summed E-state index contributed by atoms with van der Waals surface area (Å²) in [7, 11) is 3.89. The third-order valence-corrected chi connectivity index (χ3v) is 5.81. The van der Waals surface area contributed by atoms with Gasteiger partial charge in [0, 0.05) is 13.1 Å². The highest BCUT2D eigenvalue weighted by Gasteiger charge is 2.25. The number of anilines is 1. The molecule has 0 bridgehead atoms. The zero-order valence-electron chi connectivity index (χ0n) is 14.9. The Morgan fingerprint density at radius 2 is 1.88 bits per heavy atom. The van der Waals surface area contributed by atoms with Gasteiger partial charge in [0.1, 0.15) is 16.2 Å². The third-order valence-electron chi connectivity index (χ3n) is 3.70. The Morgan fingerprint density at radius 3 is 2.46 bits per heavy atom. The molecule has 140 valence electrons. The van der Waals surface area contributed by atoms with Crippen molar-refractivity contribution in [1.29, 1.82) is 0 Å². The Balaban J connectivity index is 0.00000243. The maximum atomic E-state index is 14.0. The SMILES string of the molecule is Cc1nc(C)c(C(=O)N(CCN(C)C)c2nc3c(F)cccc3s2)s1.Cl. The first-order chi connectivity index (χ1) is 11.9. The predicted molar refractivity (Wildman–Crippen MR) is 109 cm³/mol. The molecule has 0 fully saturated rings. The lowest BCUT2D eigenvalue weighted by Crippen LogP contribution is -2.36. The van der Waals surface area contributed by atoms with Crippen LogP contribution in [0.3, 0.4) is 0 Å². The topological polar surface area (TPSA) is 49.3 Å². The highest BCUT2D eigenvalue weighted by atomic mass is 35.5. The summed E-state index contributed by atoms with van der Waals surface area (Å²) in [6.07, 6.45) is 0. The molecule has 1 amide bonds. The van der Waals surface area contributed by atoms with Gasteiger partial charge in [-0.1, -0.05) is 17.4 Å². The molecule has 5 nitrogen and oxygen atoms in total. The van der Waals surface area contributed by atoms with Gasteiger partial charge < -0.3 is 4.90 Å². The van der Waals surface area contributed by atoms with Crippen LogP contribution in [0.4, 0.5) is 9.52 Å². The summed E-state index contributed by atoms with van der Waals surface area (Å²) < 4.78 is 14.7. The van der Waals surface area contributed by atoms with E-state index in [1.54, 1.807) is 11.0 Å². The molecule has 3 rings (SSSR count). The number of nitrogens with zero attached hydrogens (tertiary/aromatic N) is 4. The van der Waals surface area contributed by atoms with Crippen molar-refractivity contribution in [2.24, 2.45) is 0 Å². The van der Waals surface area contributed by atoms with E-state index < -0.39 is 0 Å². The molecule has 0 N–H and O–H groups in total. The number of carbonyl (C=O) groups is 1. The molecule has 0 aliphatic rings. The number of rotatable bonds is 5. The van der Waals surface area contributed by atoms with Crippen LogP contribution in [0.25, 0.3) is 10.2 Å². The molecule has 0 saturated carbocycles. The van der Waals surface area contributed by atoms with E-state index in [-0.39, 0.29) is 24.1 Å². The summed E-state index contributed by atoms with van der Waals surface area (Å²) in [5.41, 5.74) is 1.03. The largest absolute Gasteiger partial charge is 0.308 e. The molecule has 1 aromatic carbocycles. The molecule has 0 atom stereocenters. The summed E-state index contributed by atoms with van der Waals surface area (Å²) in [5.74, 6) is -0.505. The molecular formula is C17H20ClFN4OS2. The fourth-order valence-corrected chi connectivity index (χ4v) is 4.33. The van der Waals surface area contributed by atoms with Gasteiger partial charge in [-0.25, -0.2) is 14.4 Å². The number of halogens is 2. The van der Waals surface area contributed by atoms with Gasteiger partial charge in [-0.15, -0.1) is 23.7 Å². The molecule has 2 heterocycles. The van der Waals surface area contributed by atoms with Crippen molar-refractivity contribution in [3.05, 3.63) is 39.6 Å². The van der Waals surface area contributed by atoms with Gasteiger partial charge in [-0.2, -0.15) is 0 Å².